The number of nitrogens with zero attached hydrogens (tertiary/aromatic N) is 1. The topological polar surface area (TPSA) is 49.8 Å². The van der Waals surface area contributed by atoms with E-state index in [-0.39, 0.29) is 11.5 Å². The number of aromatic hydroxyl groups is 1. The van der Waals surface area contributed by atoms with Crippen molar-refractivity contribution in [2.75, 3.05) is 31.7 Å². The summed E-state index contributed by atoms with van der Waals surface area (Å²) < 4.78 is 5.03. The van der Waals surface area contributed by atoms with E-state index >= 15 is 0 Å². The van der Waals surface area contributed by atoms with Crippen molar-refractivity contribution in [3.05, 3.63) is 23.8 Å². The lowest BCUT2D eigenvalue weighted by Gasteiger charge is -2.23. The zero-order valence-electron chi connectivity index (χ0n) is 10.6. The van der Waals surface area contributed by atoms with Gasteiger partial charge >= 0.3 is 0 Å². The standard InChI is InChI=1S/C13H19NO3/c1-4-14(7-8-17-3)11-5-6-12(10(2)15)13(16)9-11/h5-6,9,16H,4,7-8H2,1-3H3. The van der Waals surface area contributed by atoms with Gasteiger partial charge in [-0.1, -0.05) is 0 Å². The van der Waals surface area contributed by atoms with Crippen LogP contribution < -0.4 is 4.90 Å². The highest BCUT2D eigenvalue weighted by Crippen LogP contribution is 2.24. The molecule has 0 fully saturated rings. The Morgan fingerprint density at radius 3 is 2.65 bits per heavy atom. The summed E-state index contributed by atoms with van der Waals surface area (Å²) in [7, 11) is 1.66. The molecule has 0 spiro atoms. The third kappa shape index (κ3) is 3.46. The lowest BCUT2D eigenvalue weighted by molar-refractivity contribution is 0.101. The third-order valence-electron chi connectivity index (χ3n) is 2.67. The molecule has 0 unspecified atom stereocenters. The molecule has 1 aromatic rings. The smallest absolute Gasteiger partial charge is 0.163 e. The van der Waals surface area contributed by atoms with Crippen LogP contribution in [0.1, 0.15) is 24.2 Å². The summed E-state index contributed by atoms with van der Waals surface area (Å²) in [6, 6.07) is 5.12. The number of phenolic OH excluding ortho intramolecular Hbond substituents is 1. The summed E-state index contributed by atoms with van der Waals surface area (Å²) >= 11 is 0. The highest BCUT2D eigenvalue weighted by Gasteiger charge is 2.10. The number of rotatable bonds is 6. The van der Waals surface area contributed by atoms with Gasteiger partial charge < -0.3 is 14.7 Å². The number of benzene rings is 1. The van der Waals surface area contributed by atoms with Crippen molar-refractivity contribution in [3.8, 4) is 5.75 Å². The van der Waals surface area contributed by atoms with Crippen LogP contribution in [0, 0.1) is 0 Å². The first-order valence-electron chi connectivity index (χ1n) is 5.68. The fraction of sp³-hybridized carbons (Fsp3) is 0.462. The number of ether oxygens (including phenoxy) is 1. The summed E-state index contributed by atoms with van der Waals surface area (Å²) in [5, 5.41) is 9.75. The zero-order valence-corrected chi connectivity index (χ0v) is 10.6. The molecule has 17 heavy (non-hydrogen) atoms. The number of anilines is 1. The molecule has 0 aliphatic heterocycles. The summed E-state index contributed by atoms with van der Waals surface area (Å²) in [4.78, 5) is 13.3. The van der Waals surface area contributed by atoms with Gasteiger partial charge in [0.1, 0.15) is 5.75 Å². The molecule has 0 bridgehead atoms. The van der Waals surface area contributed by atoms with Crippen LogP contribution in [0.15, 0.2) is 18.2 Å². The number of methoxy groups -OCH3 is 1. The Bertz CT molecular complexity index is 390. The Balaban J connectivity index is 2.90. The van der Waals surface area contributed by atoms with Crippen LogP contribution in [-0.4, -0.2) is 37.7 Å². The van der Waals surface area contributed by atoms with Crippen molar-refractivity contribution in [2.24, 2.45) is 0 Å². The van der Waals surface area contributed by atoms with Crippen LogP contribution in [0.5, 0.6) is 5.75 Å². The normalized spacial score (nSPS) is 10.3. The van der Waals surface area contributed by atoms with E-state index in [0.29, 0.717) is 12.2 Å². The Labute approximate surface area is 102 Å². The van der Waals surface area contributed by atoms with Crippen LogP contribution >= 0.6 is 0 Å². The van der Waals surface area contributed by atoms with Crippen molar-refractivity contribution in [3.63, 3.8) is 0 Å². The van der Waals surface area contributed by atoms with Gasteiger partial charge in [-0.25, -0.2) is 0 Å². The van der Waals surface area contributed by atoms with Crippen LogP contribution in [0.2, 0.25) is 0 Å². The van der Waals surface area contributed by atoms with Crippen molar-refractivity contribution < 1.29 is 14.6 Å². The minimum Gasteiger partial charge on any atom is -0.507 e. The molecule has 1 N–H and O–H groups in total. The Morgan fingerprint density at radius 2 is 2.18 bits per heavy atom. The lowest BCUT2D eigenvalue weighted by atomic mass is 10.1. The van der Waals surface area contributed by atoms with E-state index in [1.54, 1.807) is 19.2 Å². The van der Waals surface area contributed by atoms with Crippen LogP contribution in [0.4, 0.5) is 5.69 Å². The van der Waals surface area contributed by atoms with Crippen molar-refractivity contribution in [2.45, 2.75) is 13.8 Å². The van der Waals surface area contributed by atoms with E-state index in [1.165, 1.54) is 6.92 Å². The number of carbonyl (C=O) groups excluding carboxylic acids is 1. The molecule has 0 heterocycles. The molecule has 0 saturated heterocycles. The molecule has 0 aliphatic rings. The molecule has 1 aromatic carbocycles. The molecule has 0 atom stereocenters. The van der Waals surface area contributed by atoms with Gasteiger partial charge in [0.05, 0.1) is 12.2 Å². The fourth-order valence-electron chi connectivity index (χ4n) is 1.69. The lowest BCUT2D eigenvalue weighted by Crippen LogP contribution is -2.26. The second-order valence-corrected chi connectivity index (χ2v) is 3.83. The minimum atomic E-state index is -0.131. The molecule has 0 aliphatic carbocycles. The van der Waals surface area contributed by atoms with Gasteiger partial charge in [-0.2, -0.15) is 0 Å². The van der Waals surface area contributed by atoms with Gasteiger partial charge in [0, 0.05) is 32.0 Å². The summed E-state index contributed by atoms with van der Waals surface area (Å²) in [5.41, 5.74) is 1.25. The fourth-order valence-corrected chi connectivity index (χ4v) is 1.69. The molecule has 0 radical (unpaired) electrons. The number of ketones is 1. The first-order chi connectivity index (χ1) is 8.10. The molecule has 4 heteroatoms. The van der Waals surface area contributed by atoms with E-state index in [4.69, 9.17) is 4.74 Å². The second kappa shape index (κ2) is 6.25. The quantitative estimate of drug-likeness (QED) is 0.769. The van der Waals surface area contributed by atoms with Gasteiger partial charge in [-0.05, 0) is 26.0 Å². The van der Waals surface area contributed by atoms with E-state index in [1.807, 2.05) is 13.0 Å². The first-order valence-corrected chi connectivity index (χ1v) is 5.68. The summed E-state index contributed by atoms with van der Waals surface area (Å²) in [6.45, 7) is 5.68. The molecular weight excluding hydrogens is 218 g/mol. The second-order valence-electron chi connectivity index (χ2n) is 3.83. The van der Waals surface area contributed by atoms with E-state index in [2.05, 4.69) is 4.90 Å². The van der Waals surface area contributed by atoms with Gasteiger partial charge in [-0.3, -0.25) is 4.79 Å². The van der Waals surface area contributed by atoms with Gasteiger partial charge in [-0.15, -0.1) is 0 Å². The zero-order chi connectivity index (χ0) is 12.8. The number of hydrogen-bond acceptors (Lipinski definition) is 4. The minimum absolute atomic E-state index is 0.0332. The molecule has 0 amide bonds. The Hall–Kier alpha value is -1.55. The first kappa shape index (κ1) is 13.5. The van der Waals surface area contributed by atoms with Crippen molar-refractivity contribution in [1.29, 1.82) is 0 Å². The molecule has 0 aromatic heterocycles. The van der Waals surface area contributed by atoms with Crippen LogP contribution in [0.3, 0.4) is 0 Å². The average Bonchev–Trinajstić information content (AvgIpc) is 2.29. The van der Waals surface area contributed by atoms with Crippen LogP contribution in [0.25, 0.3) is 0 Å². The van der Waals surface area contributed by atoms with Gasteiger partial charge in [0.15, 0.2) is 5.78 Å². The summed E-state index contributed by atoms with van der Waals surface area (Å²) in [5.74, 6) is -0.0974. The number of likely N-dealkylation sites (N-methyl/N-ethyl adjacent to an activating group) is 1. The third-order valence-corrected chi connectivity index (χ3v) is 2.67. The van der Waals surface area contributed by atoms with Gasteiger partial charge in [0.25, 0.3) is 0 Å². The highest BCUT2D eigenvalue weighted by atomic mass is 16.5. The number of phenols is 1. The van der Waals surface area contributed by atoms with Gasteiger partial charge in [0.2, 0.25) is 0 Å². The molecule has 4 nitrogen and oxygen atoms in total. The molecule has 0 saturated carbocycles. The number of Topliss-reactive ketones (excluding diaryl/α,β-unsaturated/α-hetero) is 1. The maximum absolute atomic E-state index is 11.2. The maximum Gasteiger partial charge on any atom is 0.163 e. The van der Waals surface area contributed by atoms with E-state index in [0.717, 1.165) is 18.8 Å². The largest absolute Gasteiger partial charge is 0.507 e. The maximum atomic E-state index is 11.2. The average molecular weight is 237 g/mol. The van der Waals surface area contributed by atoms with Crippen molar-refractivity contribution >= 4 is 11.5 Å². The summed E-state index contributed by atoms with van der Waals surface area (Å²) in [6.07, 6.45) is 0. The van der Waals surface area contributed by atoms with Crippen molar-refractivity contribution in [1.82, 2.24) is 0 Å². The predicted molar refractivity (Wildman–Crippen MR) is 67.9 cm³/mol. The van der Waals surface area contributed by atoms with E-state index < -0.39 is 0 Å². The highest BCUT2D eigenvalue weighted by molar-refractivity contribution is 5.97. The molecular formula is C13H19NO3. The monoisotopic (exact) mass is 237 g/mol. The number of hydrogen-bond donors (Lipinski definition) is 1. The predicted octanol–water partition coefficient (Wildman–Crippen LogP) is 2.07. The Kier molecular flexibility index (Phi) is 4.97. The molecule has 94 valence electrons. The molecule has 1 rings (SSSR count). The van der Waals surface area contributed by atoms with Crippen LogP contribution in [-0.2, 0) is 4.74 Å². The SMILES string of the molecule is CCN(CCOC)c1ccc(C(C)=O)c(O)c1. The Morgan fingerprint density at radius 1 is 1.47 bits per heavy atom. The number of carbonyl (C=O) groups is 1. The van der Waals surface area contributed by atoms with E-state index in [9.17, 15) is 9.90 Å².